The van der Waals surface area contributed by atoms with Crippen LogP contribution in [0.5, 0.6) is 0 Å². The molecule has 0 amide bonds. The molecule has 0 atom stereocenters. The van der Waals surface area contributed by atoms with Crippen molar-refractivity contribution in [2.75, 3.05) is 13.1 Å². The highest BCUT2D eigenvalue weighted by molar-refractivity contribution is 7.99. The highest BCUT2D eigenvalue weighted by Gasteiger charge is 2.33. The molecular formula is C18H20FNOS. The normalized spacial score (nSPS) is 17.4. The van der Waals surface area contributed by atoms with Crippen molar-refractivity contribution in [2.45, 2.75) is 35.2 Å². The minimum absolute atomic E-state index is 0.216. The van der Waals surface area contributed by atoms with Crippen molar-refractivity contribution in [3.05, 3.63) is 59.4 Å². The molecule has 2 nitrogen and oxygen atoms in total. The van der Waals surface area contributed by atoms with Crippen LogP contribution in [0.1, 0.15) is 24.0 Å². The molecule has 0 aromatic heterocycles. The molecule has 3 rings (SSSR count). The summed E-state index contributed by atoms with van der Waals surface area (Å²) in [5, 5.41) is 14.3. The fourth-order valence-corrected chi connectivity index (χ4v) is 4.00. The predicted molar refractivity (Wildman–Crippen MR) is 87.7 cm³/mol. The van der Waals surface area contributed by atoms with E-state index in [0.717, 1.165) is 34.0 Å². The first-order valence-corrected chi connectivity index (χ1v) is 8.37. The zero-order valence-electron chi connectivity index (χ0n) is 12.6. The maximum absolute atomic E-state index is 13.3. The third-order valence-electron chi connectivity index (χ3n) is 4.18. The lowest BCUT2D eigenvalue weighted by Gasteiger charge is -2.34. The van der Waals surface area contributed by atoms with E-state index in [1.807, 2.05) is 31.2 Å². The van der Waals surface area contributed by atoms with Crippen LogP contribution in [-0.4, -0.2) is 18.2 Å². The van der Waals surface area contributed by atoms with E-state index in [2.05, 4.69) is 5.32 Å². The van der Waals surface area contributed by atoms with Gasteiger partial charge in [-0.2, -0.15) is 0 Å². The molecule has 2 N–H and O–H groups in total. The lowest BCUT2D eigenvalue weighted by molar-refractivity contribution is 0.00351. The zero-order chi connectivity index (χ0) is 15.6. The molecule has 1 aliphatic rings. The van der Waals surface area contributed by atoms with Crippen LogP contribution in [0.15, 0.2) is 52.3 Å². The number of nitrogens with one attached hydrogen (secondary N) is 1. The summed E-state index contributed by atoms with van der Waals surface area (Å²) < 4.78 is 13.3. The second-order valence-electron chi connectivity index (χ2n) is 5.79. The Bertz CT molecular complexity index is 668. The fraction of sp³-hybridized carbons (Fsp3) is 0.333. The molecule has 0 saturated carbocycles. The highest BCUT2D eigenvalue weighted by Crippen LogP contribution is 2.40. The smallest absolute Gasteiger partial charge is 0.123 e. The van der Waals surface area contributed by atoms with E-state index in [1.54, 1.807) is 23.9 Å². The minimum Gasteiger partial charge on any atom is -0.385 e. The first-order chi connectivity index (χ1) is 10.6. The monoisotopic (exact) mass is 317 g/mol. The highest BCUT2D eigenvalue weighted by atomic mass is 32.2. The van der Waals surface area contributed by atoms with Crippen LogP contribution in [-0.2, 0) is 5.60 Å². The topological polar surface area (TPSA) is 32.3 Å². The Kier molecular flexibility index (Phi) is 4.52. The maximum atomic E-state index is 13.3. The Morgan fingerprint density at radius 3 is 2.55 bits per heavy atom. The lowest BCUT2D eigenvalue weighted by Crippen LogP contribution is -2.40. The Hall–Kier alpha value is -1.36. The molecule has 22 heavy (non-hydrogen) atoms. The van der Waals surface area contributed by atoms with Crippen LogP contribution in [0.3, 0.4) is 0 Å². The fourth-order valence-electron chi connectivity index (χ4n) is 2.90. The average Bonchev–Trinajstić information content (AvgIpc) is 2.51. The van der Waals surface area contributed by atoms with Gasteiger partial charge in [0.15, 0.2) is 0 Å². The number of aliphatic hydroxyl groups is 1. The molecular weight excluding hydrogens is 297 g/mol. The van der Waals surface area contributed by atoms with Crippen molar-refractivity contribution in [2.24, 2.45) is 0 Å². The van der Waals surface area contributed by atoms with E-state index < -0.39 is 5.60 Å². The van der Waals surface area contributed by atoms with Crippen LogP contribution in [0, 0.1) is 12.7 Å². The van der Waals surface area contributed by atoms with Crippen molar-refractivity contribution in [3.63, 3.8) is 0 Å². The molecule has 0 unspecified atom stereocenters. The number of rotatable bonds is 3. The van der Waals surface area contributed by atoms with Gasteiger partial charge in [-0.15, -0.1) is 0 Å². The van der Waals surface area contributed by atoms with Crippen LogP contribution in [0.25, 0.3) is 0 Å². The van der Waals surface area contributed by atoms with Gasteiger partial charge >= 0.3 is 0 Å². The molecule has 0 bridgehead atoms. The van der Waals surface area contributed by atoms with Gasteiger partial charge in [0.1, 0.15) is 5.82 Å². The van der Waals surface area contributed by atoms with Gasteiger partial charge in [0.05, 0.1) is 5.60 Å². The Labute approximate surface area is 134 Å². The molecule has 0 radical (unpaired) electrons. The van der Waals surface area contributed by atoms with Crippen molar-refractivity contribution < 1.29 is 9.50 Å². The molecule has 2 aromatic carbocycles. The quantitative estimate of drug-likeness (QED) is 0.902. The second kappa shape index (κ2) is 6.41. The predicted octanol–water partition coefficient (Wildman–Crippen LogP) is 3.86. The first-order valence-electron chi connectivity index (χ1n) is 7.55. The molecule has 1 saturated heterocycles. The van der Waals surface area contributed by atoms with Gasteiger partial charge in [-0.3, -0.25) is 0 Å². The number of hydrogen-bond acceptors (Lipinski definition) is 3. The minimum atomic E-state index is -0.775. The Morgan fingerprint density at radius 1 is 1.09 bits per heavy atom. The average molecular weight is 317 g/mol. The van der Waals surface area contributed by atoms with E-state index in [9.17, 15) is 9.50 Å². The van der Waals surface area contributed by atoms with Crippen LogP contribution >= 0.6 is 11.8 Å². The number of piperidine rings is 1. The first kappa shape index (κ1) is 15.5. The third kappa shape index (κ3) is 3.19. The van der Waals surface area contributed by atoms with Gasteiger partial charge in [0.2, 0.25) is 0 Å². The van der Waals surface area contributed by atoms with E-state index in [4.69, 9.17) is 0 Å². The summed E-state index contributed by atoms with van der Waals surface area (Å²) in [5.41, 5.74) is 1.12. The summed E-state index contributed by atoms with van der Waals surface area (Å²) >= 11 is 1.59. The molecule has 0 aliphatic carbocycles. The van der Waals surface area contributed by atoms with Gasteiger partial charge in [0.25, 0.3) is 0 Å². The van der Waals surface area contributed by atoms with Crippen LogP contribution in [0.4, 0.5) is 4.39 Å². The van der Waals surface area contributed by atoms with E-state index in [0.29, 0.717) is 12.8 Å². The molecule has 116 valence electrons. The molecule has 0 spiro atoms. The van der Waals surface area contributed by atoms with E-state index in [-0.39, 0.29) is 5.82 Å². The number of benzene rings is 2. The van der Waals surface area contributed by atoms with Crippen LogP contribution < -0.4 is 5.32 Å². The maximum Gasteiger partial charge on any atom is 0.123 e. The van der Waals surface area contributed by atoms with Crippen molar-refractivity contribution in [1.82, 2.24) is 5.32 Å². The van der Waals surface area contributed by atoms with E-state index >= 15 is 0 Å². The summed E-state index contributed by atoms with van der Waals surface area (Å²) in [6.07, 6.45) is 1.43. The van der Waals surface area contributed by atoms with E-state index in [1.165, 1.54) is 6.07 Å². The largest absolute Gasteiger partial charge is 0.385 e. The number of hydrogen-bond donors (Lipinski definition) is 2. The third-order valence-corrected chi connectivity index (χ3v) is 5.43. The van der Waals surface area contributed by atoms with Crippen LogP contribution in [0.2, 0.25) is 0 Å². The summed E-state index contributed by atoms with van der Waals surface area (Å²) in [6.45, 7) is 3.56. The van der Waals surface area contributed by atoms with Gasteiger partial charge in [-0.25, -0.2) is 4.39 Å². The standard InChI is InChI=1S/C18H20FNOS/c1-13-12-14(19)6-7-16(13)22-17-5-3-2-4-15(17)18(21)8-10-20-11-9-18/h2-7,12,20-21H,8-11H2,1H3. The molecule has 2 aromatic rings. The molecule has 1 aliphatic heterocycles. The van der Waals surface area contributed by atoms with Crippen molar-refractivity contribution in [3.8, 4) is 0 Å². The molecule has 4 heteroatoms. The van der Waals surface area contributed by atoms with Gasteiger partial charge in [-0.1, -0.05) is 30.0 Å². The van der Waals surface area contributed by atoms with Gasteiger partial charge in [-0.05, 0) is 68.2 Å². The molecule has 1 fully saturated rings. The van der Waals surface area contributed by atoms with Gasteiger partial charge in [0, 0.05) is 9.79 Å². The summed E-state index contributed by atoms with van der Waals surface area (Å²) in [5.74, 6) is -0.216. The molecule has 1 heterocycles. The van der Waals surface area contributed by atoms with Crippen molar-refractivity contribution in [1.29, 1.82) is 0 Å². The van der Waals surface area contributed by atoms with Gasteiger partial charge < -0.3 is 10.4 Å². The Morgan fingerprint density at radius 2 is 1.82 bits per heavy atom. The summed E-state index contributed by atoms with van der Waals surface area (Å²) in [4.78, 5) is 2.06. The Balaban J connectivity index is 1.94. The lowest BCUT2D eigenvalue weighted by atomic mass is 9.85. The SMILES string of the molecule is Cc1cc(F)ccc1Sc1ccccc1C1(O)CCNCC1. The number of aryl methyl sites for hydroxylation is 1. The summed E-state index contributed by atoms with van der Waals surface area (Å²) in [7, 11) is 0. The zero-order valence-corrected chi connectivity index (χ0v) is 13.4. The second-order valence-corrected chi connectivity index (χ2v) is 6.87. The summed E-state index contributed by atoms with van der Waals surface area (Å²) in [6, 6.07) is 12.8. The number of halogens is 1. The van der Waals surface area contributed by atoms with Crippen molar-refractivity contribution >= 4 is 11.8 Å².